The molecule has 0 aliphatic heterocycles. The normalized spacial score (nSPS) is 10.9. The molecule has 134 valence electrons. The summed E-state index contributed by atoms with van der Waals surface area (Å²) in [5.41, 5.74) is 3.68. The summed E-state index contributed by atoms with van der Waals surface area (Å²) in [4.78, 5) is 11.3. The number of nitrogens with zero attached hydrogens (tertiary/aromatic N) is 3. The lowest BCUT2D eigenvalue weighted by molar-refractivity contribution is 0.594. The Morgan fingerprint density at radius 1 is 1.04 bits per heavy atom. The number of rotatable bonds is 4. The second kappa shape index (κ2) is 6.89. The van der Waals surface area contributed by atoms with Gasteiger partial charge in [-0.2, -0.15) is 0 Å². The van der Waals surface area contributed by atoms with E-state index in [0.29, 0.717) is 5.02 Å². The van der Waals surface area contributed by atoms with Gasteiger partial charge in [0.15, 0.2) is 0 Å². The molecule has 2 aromatic heterocycles. The second-order valence-corrected chi connectivity index (χ2v) is 7.00. The minimum Gasteiger partial charge on any atom is -0.378 e. The molecule has 4 rings (SSSR count). The first-order chi connectivity index (χ1) is 13.0. The highest BCUT2D eigenvalue weighted by molar-refractivity contribution is 6.30. The Kier molecular flexibility index (Phi) is 4.42. The van der Waals surface area contributed by atoms with Gasteiger partial charge >= 0.3 is 0 Å². The van der Waals surface area contributed by atoms with Crippen molar-refractivity contribution in [1.29, 1.82) is 0 Å². The molecule has 0 fully saturated rings. The zero-order valence-electron chi connectivity index (χ0n) is 15.2. The van der Waals surface area contributed by atoms with Gasteiger partial charge in [-0.05, 0) is 24.3 Å². The summed E-state index contributed by atoms with van der Waals surface area (Å²) in [7, 11) is 3.96. The van der Waals surface area contributed by atoms with E-state index in [2.05, 4.69) is 22.9 Å². The van der Waals surface area contributed by atoms with E-state index in [-0.39, 0.29) is 0 Å². The Morgan fingerprint density at radius 2 is 1.85 bits per heavy atom. The average molecular weight is 375 g/mol. The van der Waals surface area contributed by atoms with Crippen molar-refractivity contribution in [2.45, 2.75) is 0 Å². The van der Waals surface area contributed by atoms with Gasteiger partial charge < -0.3 is 10.2 Å². The van der Waals surface area contributed by atoms with Crippen LogP contribution in [0.4, 0.5) is 11.5 Å². The van der Waals surface area contributed by atoms with Crippen LogP contribution in [0.1, 0.15) is 5.56 Å². The SMILES string of the molecule is C=C(c1cccc2c1nc(Nc1cccc(Cl)c1)c1ccncc12)N(C)C. The maximum Gasteiger partial charge on any atom is 0.139 e. The number of benzene rings is 2. The van der Waals surface area contributed by atoms with Crippen molar-refractivity contribution in [3.8, 4) is 0 Å². The number of aromatic nitrogens is 2. The summed E-state index contributed by atoms with van der Waals surface area (Å²) in [5, 5.41) is 7.18. The van der Waals surface area contributed by atoms with Gasteiger partial charge in [-0.3, -0.25) is 4.98 Å². The van der Waals surface area contributed by atoms with E-state index in [1.807, 2.05) is 67.7 Å². The maximum absolute atomic E-state index is 6.14. The molecule has 1 N–H and O–H groups in total. The third-order valence-corrected chi connectivity index (χ3v) is 4.80. The van der Waals surface area contributed by atoms with Crippen molar-refractivity contribution in [1.82, 2.24) is 14.9 Å². The second-order valence-electron chi connectivity index (χ2n) is 6.56. The number of pyridine rings is 2. The van der Waals surface area contributed by atoms with E-state index >= 15 is 0 Å². The smallest absolute Gasteiger partial charge is 0.139 e. The fraction of sp³-hybridized carbons (Fsp3) is 0.0909. The van der Waals surface area contributed by atoms with E-state index in [9.17, 15) is 0 Å². The number of hydrogen-bond acceptors (Lipinski definition) is 4. The Balaban J connectivity index is 1.99. The molecule has 0 atom stereocenters. The number of hydrogen-bond donors (Lipinski definition) is 1. The van der Waals surface area contributed by atoms with Crippen LogP contribution in [0.25, 0.3) is 27.4 Å². The third-order valence-electron chi connectivity index (χ3n) is 4.56. The first-order valence-electron chi connectivity index (χ1n) is 8.60. The third kappa shape index (κ3) is 3.20. The van der Waals surface area contributed by atoms with Crippen molar-refractivity contribution in [2.75, 3.05) is 19.4 Å². The van der Waals surface area contributed by atoms with Gasteiger partial charge in [0.05, 0.1) is 5.52 Å². The molecular formula is C22H19ClN4. The molecule has 2 aromatic carbocycles. The van der Waals surface area contributed by atoms with E-state index in [1.165, 1.54) is 0 Å². The van der Waals surface area contributed by atoms with E-state index < -0.39 is 0 Å². The molecule has 0 unspecified atom stereocenters. The Morgan fingerprint density at radius 3 is 2.63 bits per heavy atom. The molecule has 0 saturated carbocycles. The molecule has 4 aromatic rings. The first kappa shape index (κ1) is 17.3. The fourth-order valence-electron chi connectivity index (χ4n) is 3.14. The van der Waals surface area contributed by atoms with Crippen LogP contribution in [0.2, 0.25) is 5.02 Å². The maximum atomic E-state index is 6.14. The highest BCUT2D eigenvalue weighted by Crippen LogP contribution is 2.34. The molecule has 0 saturated heterocycles. The molecule has 0 spiro atoms. The summed E-state index contributed by atoms with van der Waals surface area (Å²) in [6, 6.07) is 15.7. The molecule has 2 heterocycles. The lowest BCUT2D eigenvalue weighted by Crippen LogP contribution is -2.09. The van der Waals surface area contributed by atoms with Gasteiger partial charge in [-0.25, -0.2) is 4.98 Å². The standard InChI is InChI=1S/C22H19ClN4/c1-14(27(2)3)17-8-5-9-18-20-13-24-11-10-19(20)22(26-21(17)18)25-16-7-4-6-15(23)12-16/h4-13H,1H2,2-3H3,(H,25,26). The topological polar surface area (TPSA) is 41.1 Å². The highest BCUT2D eigenvalue weighted by atomic mass is 35.5. The zero-order valence-corrected chi connectivity index (χ0v) is 16.0. The summed E-state index contributed by atoms with van der Waals surface area (Å²) in [6.07, 6.45) is 3.66. The van der Waals surface area contributed by atoms with E-state index in [4.69, 9.17) is 16.6 Å². The molecule has 27 heavy (non-hydrogen) atoms. The van der Waals surface area contributed by atoms with Crippen LogP contribution < -0.4 is 5.32 Å². The Labute approximate surface area is 163 Å². The Hall–Kier alpha value is -3.11. The van der Waals surface area contributed by atoms with Gasteiger partial charge in [0.1, 0.15) is 5.82 Å². The molecule has 0 bridgehead atoms. The summed E-state index contributed by atoms with van der Waals surface area (Å²) >= 11 is 6.14. The average Bonchev–Trinajstić information content (AvgIpc) is 2.67. The lowest BCUT2D eigenvalue weighted by Gasteiger charge is -2.19. The minimum absolute atomic E-state index is 0.674. The monoisotopic (exact) mass is 374 g/mol. The van der Waals surface area contributed by atoms with Crippen molar-refractivity contribution < 1.29 is 0 Å². The van der Waals surface area contributed by atoms with Gasteiger partial charge in [-0.1, -0.05) is 42.4 Å². The molecule has 0 aliphatic rings. The van der Waals surface area contributed by atoms with Crippen molar-refractivity contribution in [3.05, 3.63) is 78.1 Å². The molecular weight excluding hydrogens is 356 g/mol. The fourth-order valence-corrected chi connectivity index (χ4v) is 3.33. The van der Waals surface area contributed by atoms with Crippen LogP contribution >= 0.6 is 11.6 Å². The van der Waals surface area contributed by atoms with Crippen LogP contribution in [0.15, 0.2) is 67.5 Å². The van der Waals surface area contributed by atoms with E-state index in [1.54, 1.807) is 6.20 Å². The highest BCUT2D eigenvalue weighted by Gasteiger charge is 2.14. The van der Waals surface area contributed by atoms with Crippen LogP contribution in [-0.2, 0) is 0 Å². The van der Waals surface area contributed by atoms with Gasteiger partial charge in [0, 0.05) is 64.6 Å². The van der Waals surface area contributed by atoms with Crippen LogP contribution in [0, 0.1) is 0 Å². The quantitative estimate of drug-likeness (QED) is 0.464. The largest absolute Gasteiger partial charge is 0.378 e. The number of nitrogens with one attached hydrogen (secondary N) is 1. The zero-order chi connectivity index (χ0) is 19.0. The van der Waals surface area contributed by atoms with Crippen molar-refractivity contribution >= 4 is 50.5 Å². The lowest BCUT2D eigenvalue weighted by atomic mass is 10.0. The Bertz CT molecular complexity index is 1170. The summed E-state index contributed by atoms with van der Waals surface area (Å²) in [5.74, 6) is 0.765. The summed E-state index contributed by atoms with van der Waals surface area (Å²) in [6.45, 7) is 4.21. The molecule has 0 amide bonds. The number of halogens is 1. The van der Waals surface area contributed by atoms with Crippen LogP contribution in [0.5, 0.6) is 0 Å². The van der Waals surface area contributed by atoms with Crippen LogP contribution in [0.3, 0.4) is 0 Å². The molecule has 0 radical (unpaired) electrons. The number of anilines is 2. The number of para-hydroxylation sites is 1. The predicted octanol–water partition coefficient (Wildman–Crippen LogP) is 5.71. The van der Waals surface area contributed by atoms with E-state index in [0.717, 1.165) is 44.4 Å². The van der Waals surface area contributed by atoms with Gasteiger partial charge in [0.2, 0.25) is 0 Å². The summed E-state index contributed by atoms with van der Waals surface area (Å²) < 4.78 is 0. The van der Waals surface area contributed by atoms with Crippen molar-refractivity contribution in [3.63, 3.8) is 0 Å². The molecule has 4 nitrogen and oxygen atoms in total. The predicted molar refractivity (Wildman–Crippen MR) is 114 cm³/mol. The van der Waals surface area contributed by atoms with Gasteiger partial charge in [0.25, 0.3) is 0 Å². The molecule has 0 aliphatic carbocycles. The number of fused-ring (bicyclic) bond motifs is 3. The van der Waals surface area contributed by atoms with Crippen molar-refractivity contribution in [2.24, 2.45) is 0 Å². The van der Waals surface area contributed by atoms with Gasteiger partial charge in [-0.15, -0.1) is 0 Å². The molecule has 5 heteroatoms. The van der Waals surface area contributed by atoms with Crippen LogP contribution in [-0.4, -0.2) is 29.0 Å². The first-order valence-corrected chi connectivity index (χ1v) is 8.98. The minimum atomic E-state index is 0.674.